The van der Waals surface area contributed by atoms with E-state index in [4.69, 9.17) is 9.84 Å². The summed E-state index contributed by atoms with van der Waals surface area (Å²) in [5.74, 6) is -0.742. The van der Waals surface area contributed by atoms with Crippen molar-refractivity contribution in [1.29, 1.82) is 0 Å². The van der Waals surface area contributed by atoms with Crippen molar-refractivity contribution >= 4 is 11.8 Å². The van der Waals surface area contributed by atoms with Gasteiger partial charge in [0, 0.05) is 11.6 Å². The van der Waals surface area contributed by atoms with E-state index in [1.54, 1.807) is 25.1 Å². The van der Waals surface area contributed by atoms with E-state index >= 15 is 0 Å². The van der Waals surface area contributed by atoms with Crippen molar-refractivity contribution in [3.05, 3.63) is 41.5 Å². The first kappa shape index (κ1) is 14.0. The van der Waals surface area contributed by atoms with Gasteiger partial charge in [0.2, 0.25) is 0 Å². The molecule has 0 unspecified atom stereocenters. The van der Waals surface area contributed by atoms with Crippen LogP contribution < -0.4 is 4.74 Å². The van der Waals surface area contributed by atoms with Gasteiger partial charge in [-0.1, -0.05) is 6.92 Å². The number of ketones is 1. The van der Waals surface area contributed by atoms with Gasteiger partial charge in [0.25, 0.3) is 0 Å². The predicted octanol–water partition coefficient (Wildman–Crippen LogP) is 2.61. The van der Waals surface area contributed by atoms with E-state index in [2.05, 4.69) is 0 Å². The first-order valence-electron chi connectivity index (χ1n) is 5.73. The number of rotatable bonds is 6. The lowest BCUT2D eigenvalue weighted by molar-refractivity contribution is -0.131. The van der Waals surface area contributed by atoms with Gasteiger partial charge in [0.05, 0.1) is 6.61 Å². The van der Waals surface area contributed by atoms with Crippen LogP contribution in [0, 0.1) is 6.92 Å². The maximum absolute atomic E-state index is 11.7. The van der Waals surface area contributed by atoms with Gasteiger partial charge in [-0.05, 0) is 43.2 Å². The number of hydrogen-bond donors (Lipinski definition) is 1. The van der Waals surface area contributed by atoms with Gasteiger partial charge in [-0.2, -0.15) is 0 Å². The zero-order valence-electron chi connectivity index (χ0n) is 10.5. The van der Waals surface area contributed by atoms with E-state index in [0.29, 0.717) is 17.9 Å². The summed E-state index contributed by atoms with van der Waals surface area (Å²) in [6.07, 6.45) is 2.81. The first-order valence-corrected chi connectivity index (χ1v) is 5.73. The second kappa shape index (κ2) is 6.59. The fourth-order valence-corrected chi connectivity index (χ4v) is 1.46. The minimum Gasteiger partial charge on any atom is -0.494 e. The summed E-state index contributed by atoms with van der Waals surface area (Å²) in [6.45, 7) is 4.44. The molecule has 1 rings (SSSR count). The molecular formula is C14H16O4. The van der Waals surface area contributed by atoms with E-state index in [1.807, 2.05) is 6.92 Å². The Bertz CT molecular complexity index is 475. The standard InChI is InChI=1S/C14H16O4/c1-3-8-18-11-4-5-12(10(2)9-11)13(15)6-7-14(16)17/h4-7,9H,3,8H2,1-2H3,(H,16,17)/b7-6+. The highest BCUT2D eigenvalue weighted by molar-refractivity contribution is 6.07. The number of hydrogen-bond acceptors (Lipinski definition) is 3. The molecule has 0 aromatic heterocycles. The summed E-state index contributed by atoms with van der Waals surface area (Å²) in [5, 5.41) is 8.46. The predicted molar refractivity (Wildman–Crippen MR) is 68.1 cm³/mol. The Morgan fingerprint density at radius 1 is 1.33 bits per heavy atom. The average molecular weight is 248 g/mol. The zero-order chi connectivity index (χ0) is 13.5. The molecule has 0 aliphatic carbocycles. The molecule has 0 atom stereocenters. The Labute approximate surface area is 106 Å². The number of aliphatic carboxylic acids is 1. The van der Waals surface area contributed by atoms with Crippen molar-refractivity contribution in [1.82, 2.24) is 0 Å². The van der Waals surface area contributed by atoms with E-state index in [9.17, 15) is 9.59 Å². The lowest BCUT2D eigenvalue weighted by atomic mass is 10.0. The maximum atomic E-state index is 11.7. The van der Waals surface area contributed by atoms with Gasteiger partial charge in [0.1, 0.15) is 5.75 Å². The summed E-state index contributed by atoms with van der Waals surface area (Å²) in [6, 6.07) is 5.14. The van der Waals surface area contributed by atoms with Crippen molar-refractivity contribution in [3.8, 4) is 5.75 Å². The Kier molecular flexibility index (Phi) is 5.11. The number of allylic oxidation sites excluding steroid dienone is 1. The number of benzene rings is 1. The number of aryl methyl sites for hydroxylation is 1. The summed E-state index contributed by atoms with van der Waals surface area (Å²) < 4.78 is 5.45. The number of carboxylic acid groups (broad SMARTS) is 1. The normalized spacial score (nSPS) is 10.6. The van der Waals surface area contributed by atoms with Crippen LogP contribution in [0.15, 0.2) is 30.4 Å². The number of carbonyl (C=O) groups excluding carboxylic acids is 1. The molecule has 4 nitrogen and oxygen atoms in total. The molecule has 18 heavy (non-hydrogen) atoms. The lowest BCUT2D eigenvalue weighted by Gasteiger charge is -2.07. The molecule has 0 saturated carbocycles. The largest absolute Gasteiger partial charge is 0.494 e. The quantitative estimate of drug-likeness (QED) is 0.621. The Morgan fingerprint density at radius 3 is 2.61 bits per heavy atom. The third-order valence-corrected chi connectivity index (χ3v) is 2.31. The van der Waals surface area contributed by atoms with E-state index in [0.717, 1.165) is 24.1 Å². The van der Waals surface area contributed by atoms with Crippen LogP contribution >= 0.6 is 0 Å². The van der Waals surface area contributed by atoms with Crippen molar-refractivity contribution in [3.63, 3.8) is 0 Å². The molecule has 4 heteroatoms. The molecule has 1 aromatic carbocycles. The molecule has 1 N–H and O–H groups in total. The van der Waals surface area contributed by atoms with Crippen LogP contribution in [0.1, 0.15) is 29.3 Å². The lowest BCUT2D eigenvalue weighted by Crippen LogP contribution is -2.01. The van der Waals surface area contributed by atoms with Crippen LogP contribution in [-0.2, 0) is 4.79 Å². The summed E-state index contributed by atoms with van der Waals surface area (Å²) in [5.41, 5.74) is 1.25. The molecule has 0 saturated heterocycles. The Morgan fingerprint density at radius 2 is 2.06 bits per heavy atom. The van der Waals surface area contributed by atoms with Gasteiger partial charge in [-0.15, -0.1) is 0 Å². The monoisotopic (exact) mass is 248 g/mol. The van der Waals surface area contributed by atoms with Crippen molar-refractivity contribution in [2.45, 2.75) is 20.3 Å². The highest BCUT2D eigenvalue weighted by Gasteiger charge is 2.07. The van der Waals surface area contributed by atoms with Gasteiger partial charge < -0.3 is 9.84 Å². The molecule has 0 aliphatic rings. The minimum atomic E-state index is -1.14. The van der Waals surface area contributed by atoms with Crippen molar-refractivity contribution < 1.29 is 19.4 Å². The van der Waals surface area contributed by atoms with Gasteiger partial charge in [-0.3, -0.25) is 4.79 Å². The summed E-state index contributed by atoms with van der Waals surface area (Å²) >= 11 is 0. The smallest absolute Gasteiger partial charge is 0.328 e. The molecule has 0 radical (unpaired) electrons. The first-order chi connectivity index (χ1) is 8.54. The number of carboxylic acids is 1. The van der Waals surface area contributed by atoms with E-state index in [-0.39, 0.29) is 5.78 Å². The van der Waals surface area contributed by atoms with Crippen LogP contribution in [0.4, 0.5) is 0 Å². The highest BCUT2D eigenvalue weighted by atomic mass is 16.5. The third-order valence-electron chi connectivity index (χ3n) is 2.31. The number of carbonyl (C=O) groups is 2. The van der Waals surface area contributed by atoms with Crippen LogP contribution in [-0.4, -0.2) is 23.5 Å². The van der Waals surface area contributed by atoms with Crippen molar-refractivity contribution in [2.24, 2.45) is 0 Å². The minimum absolute atomic E-state index is 0.322. The highest BCUT2D eigenvalue weighted by Crippen LogP contribution is 2.18. The van der Waals surface area contributed by atoms with Crippen molar-refractivity contribution in [2.75, 3.05) is 6.61 Å². The molecule has 0 amide bonds. The Hall–Kier alpha value is -2.10. The third kappa shape index (κ3) is 4.05. The SMILES string of the molecule is CCCOc1ccc(C(=O)/C=C/C(=O)O)c(C)c1. The molecule has 96 valence electrons. The van der Waals surface area contributed by atoms with Crippen LogP contribution in [0.25, 0.3) is 0 Å². The summed E-state index contributed by atoms with van der Waals surface area (Å²) in [4.78, 5) is 22.0. The van der Waals surface area contributed by atoms with Gasteiger partial charge >= 0.3 is 5.97 Å². The topological polar surface area (TPSA) is 63.6 Å². The van der Waals surface area contributed by atoms with E-state index in [1.165, 1.54) is 0 Å². The van der Waals surface area contributed by atoms with Crippen LogP contribution in [0.3, 0.4) is 0 Å². The van der Waals surface area contributed by atoms with Crippen LogP contribution in [0.2, 0.25) is 0 Å². The Balaban J connectivity index is 2.85. The summed E-state index contributed by atoms with van der Waals surface area (Å²) in [7, 11) is 0. The molecule has 1 aromatic rings. The van der Waals surface area contributed by atoms with Gasteiger partial charge in [0.15, 0.2) is 5.78 Å². The number of ether oxygens (including phenoxy) is 1. The molecule has 0 spiro atoms. The molecular weight excluding hydrogens is 232 g/mol. The fraction of sp³-hybridized carbons (Fsp3) is 0.286. The second-order valence-electron chi connectivity index (χ2n) is 3.86. The zero-order valence-corrected chi connectivity index (χ0v) is 10.5. The second-order valence-corrected chi connectivity index (χ2v) is 3.86. The molecule has 0 aliphatic heterocycles. The van der Waals surface area contributed by atoms with Crippen LogP contribution in [0.5, 0.6) is 5.75 Å². The molecule has 0 fully saturated rings. The fourth-order valence-electron chi connectivity index (χ4n) is 1.46. The maximum Gasteiger partial charge on any atom is 0.328 e. The molecule has 0 heterocycles. The van der Waals surface area contributed by atoms with E-state index < -0.39 is 5.97 Å². The average Bonchev–Trinajstić information content (AvgIpc) is 2.33. The molecule has 0 bridgehead atoms. The van der Waals surface area contributed by atoms with Gasteiger partial charge in [-0.25, -0.2) is 4.79 Å².